The van der Waals surface area contributed by atoms with E-state index in [1.165, 1.54) is 12.1 Å². The molecule has 0 radical (unpaired) electrons. The summed E-state index contributed by atoms with van der Waals surface area (Å²) in [5, 5.41) is 8.88. The van der Waals surface area contributed by atoms with Gasteiger partial charge in [0.05, 0.1) is 18.6 Å². The summed E-state index contributed by atoms with van der Waals surface area (Å²) in [5.41, 5.74) is 2.12. The molecule has 0 saturated heterocycles. The van der Waals surface area contributed by atoms with Gasteiger partial charge in [-0.2, -0.15) is 0 Å². The van der Waals surface area contributed by atoms with Gasteiger partial charge in [-0.15, -0.1) is 0 Å². The normalized spacial score (nSPS) is 10.3. The van der Waals surface area contributed by atoms with Crippen LogP contribution in [0.3, 0.4) is 0 Å². The van der Waals surface area contributed by atoms with Crippen LogP contribution in [0, 0.1) is 6.92 Å². The van der Waals surface area contributed by atoms with Gasteiger partial charge in [-0.05, 0) is 42.7 Å². The predicted octanol–water partition coefficient (Wildman–Crippen LogP) is 3.16. The third-order valence-corrected chi connectivity index (χ3v) is 3.97. The molecule has 2 aromatic rings. The van der Waals surface area contributed by atoms with E-state index in [1.54, 1.807) is 24.1 Å². The lowest BCUT2D eigenvalue weighted by molar-refractivity contribution is -0.129. The monoisotopic (exact) mass is 341 g/mol. The fraction of sp³-hybridized carbons (Fsp3) is 0.300. The number of hydrogen-bond donors (Lipinski definition) is 1. The van der Waals surface area contributed by atoms with Gasteiger partial charge in [-0.25, -0.2) is 4.79 Å². The number of carbonyl (C=O) groups excluding carboxylic acids is 1. The van der Waals surface area contributed by atoms with E-state index in [-0.39, 0.29) is 17.9 Å². The maximum atomic E-state index is 12.2. The second-order valence-corrected chi connectivity index (χ2v) is 5.96. The minimum absolute atomic E-state index is 0.000957. The fourth-order valence-electron chi connectivity index (χ4n) is 2.40. The second kappa shape index (κ2) is 8.87. The molecule has 0 aromatic heterocycles. The van der Waals surface area contributed by atoms with Crippen LogP contribution >= 0.6 is 0 Å². The van der Waals surface area contributed by atoms with Crippen LogP contribution in [0.4, 0.5) is 0 Å². The summed E-state index contributed by atoms with van der Waals surface area (Å²) in [4.78, 5) is 24.7. The molecule has 1 N–H and O–H groups in total. The van der Waals surface area contributed by atoms with Gasteiger partial charge in [0.15, 0.2) is 0 Å². The number of carbonyl (C=O) groups is 2. The van der Waals surface area contributed by atoms with Crippen LogP contribution in [0.1, 0.15) is 27.9 Å². The molecule has 0 bridgehead atoms. The van der Waals surface area contributed by atoms with Crippen LogP contribution in [0.15, 0.2) is 48.5 Å². The topological polar surface area (TPSA) is 66.8 Å². The first-order chi connectivity index (χ1) is 12.0. The molecule has 0 fully saturated rings. The highest BCUT2D eigenvalue weighted by Gasteiger charge is 2.10. The van der Waals surface area contributed by atoms with Crippen LogP contribution < -0.4 is 4.74 Å². The number of nitrogens with zero attached hydrogens (tertiary/aromatic N) is 1. The Morgan fingerprint density at radius 1 is 1.08 bits per heavy atom. The number of benzene rings is 2. The molecule has 0 spiro atoms. The third kappa shape index (κ3) is 5.64. The van der Waals surface area contributed by atoms with E-state index in [4.69, 9.17) is 9.84 Å². The van der Waals surface area contributed by atoms with Crippen LogP contribution in [0.25, 0.3) is 0 Å². The average molecular weight is 341 g/mol. The van der Waals surface area contributed by atoms with E-state index < -0.39 is 5.97 Å². The molecule has 0 saturated carbocycles. The van der Waals surface area contributed by atoms with E-state index in [9.17, 15) is 9.59 Å². The number of amides is 1. The highest BCUT2D eigenvalue weighted by molar-refractivity contribution is 5.87. The van der Waals surface area contributed by atoms with E-state index >= 15 is 0 Å². The molecular weight excluding hydrogens is 318 g/mol. The minimum atomic E-state index is -0.969. The van der Waals surface area contributed by atoms with Crippen molar-refractivity contribution in [3.63, 3.8) is 0 Å². The van der Waals surface area contributed by atoms with Gasteiger partial charge in [-0.3, -0.25) is 4.79 Å². The number of carboxylic acid groups (broad SMARTS) is 1. The Kier molecular flexibility index (Phi) is 6.57. The zero-order valence-electron chi connectivity index (χ0n) is 14.6. The van der Waals surface area contributed by atoms with Gasteiger partial charge >= 0.3 is 5.97 Å². The molecule has 0 aliphatic carbocycles. The van der Waals surface area contributed by atoms with Gasteiger partial charge in [0.1, 0.15) is 5.75 Å². The number of hydrogen-bond acceptors (Lipinski definition) is 3. The molecule has 0 aliphatic heterocycles. The number of para-hydroxylation sites is 1. The molecule has 132 valence electrons. The Hall–Kier alpha value is -2.82. The summed E-state index contributed by atoms with van der Waals surface area (Å²) < 4.78 is 5.73. The van der Waals surface area contributed by atoms with Crippen LogP contribution in [0.5, 0.6) is 5.75 Å². The number of rotatable bonds is 8. The van der Waals surface area contributed by atoms with Gasteiger partial charge in [0, 0.05) is 13.6 Å². The van der Waals surface area contributed by atoms with E-state index in [0.29, 0.717) is 13.2 Å². The molecule has 1 amide bonds. The average Bonchev–Trinajstić information content (AvgIpc) is 2.60. The summed E-state index contributed by atoms with van der Waals surface area (Å²) in [7, 11) is 1.77. The van der Waals surface area contributed by atoms with Crippen LogP contribution in [-0.2, 0) is 11.2 Å². The highest BCUT2D eigenvalue weighted by Crippen LogP contribution is 2.16. The quantitative estimate of drug-likeness (QED) is 0.749. The van der Waals surface area contributed by atoms with Crippen molar-refractivity contribution in [1.82, 2.24) is 4.90 Å². The highest BCUT2D eigenvalue weighted by atomic mass is 16.5. The third-order valence-electron chi connectivity index (χ3n) is 3.97. The Labute approximate surface area is 147 Å². The van der Waals surface area contributed by atoms with Gasteiger partial charge < -0.3 is 14.7 Å². The second-order valence-electron chi connectivity index (χ2n) is 5.96. The lowest BCUT2D eigenvalue weighted by Gasteiger charge is -2.17. The zero-order chi connectivity index (χ0) is 18.2. The van der Waals surface area contributed by atoms with Crippen molar-refractivity contribution < 1.29 is 19.4 Å². The molecule has 2 rings (SSSR count). The van der Waals surface area contributed by atoms with Crippen molar-refractivity contribution in [3.05, 3.63) is 65.2 Å². The summed E-state index contributed by atoms with van der Waals surface area (Å²) in [5.74, 6) is -0.0994. The first-order valence-electron chi connectivity index (χ1n) is 8.22. The predicted molar refractivity (Wildman–Crippen MR) is 96.0 cm³/mol. The Balaban J connectivity index is 1.74. The van der Waals surface area contributed by atoms with Gasteiger partial charge in [0.2, 0.25) is 5.91 Å². The Bertz CT molecular complexity index is 725. The number of ether oxygens (including phenoxy) is 1. The lowest BCUT2D eigenvalue weighted by Crippen LogP contribution is -2.30. The molecule has 5 heteroatoms. The van der Waals surface area contributed by atoms with E-state index in [1.807, 2.05) is 31.2 Å². The van der Waals surface area contributed by atoms with E-state index in [2.05, 4.69) is 0 Å². The van der Waals surface area contributed by atoms with Crippen molar-refractivity contribution in [2.75, 3.05) is 20.2 Å². The summed E-state index contributed by atoms with van der Waals surface area (Å²) >= 11 is 0. The smallest absolute Gasteiger partial charge is 0.335 e. The molecule has 2 aromatic carbocycles. The molecule has 0 heterocycles. The molecule has 0 atom stereocenters. The van der Waals surface area contributed by atoms with Crippen molar-refractivity contribution in [3.8, 4) is 5.75 Å². The number of aromatic carboxylic acids is 1. The van der Waals surface area contributed by atoms with Crippen molar-refractivity contribution >= 4 is 11.9 Å². The van der Waals surface area contributed by atoms with Crippen molar-refractivity contribution in [2.24, 2.45) is 0 Å². The number of aryl methyl sites for hydroxylation is 1. The van der Waals surface area contributed by atoms with Gasteiger partial charge in [-0.1, -0.05) is 30.3 Å². The maximum absolute atomic E-state index is 12.2. The van der Waals surface area contributed by atoms with Crippen LogP contribution in [-0.4, -0.2) is 42.1 Å². The number of carboxylic acids is 1. The Morgan fingerprint density at radius 3 is 2.40 bits per heavy atom. The van der Waals surface area contributed by atoms with E-state index in [0.717, 1.165) is 23.3 Å². The number of likely N-dealkylation sites (N-methyl/N-ethyl adjacent to an activating group) is 1. The standard InChI is InChI=1S/C20H23NO4/c1-15-6-3-4-7-18(15)25-13-5-12-21(2)19(22)14-16-8-10-17(11-9-16)20(23)24/h3-4,6-11H,5,12-14H2,1-2H3,(H,23,24). The lowest BCUT2D eigenvalue weighted by atomic mass is 10.1. The Morgan fingerprint density at radius 2 is 1.76 bits per heavy atom. The summed E-state index contributed by atoms with van der Waals surface area (Å²) in [6, 6.07) is 14.2. The minimum Gasteiger partial charge on any atom is -0.493 e. The van der Waals surface area contributed by atoms with Gasteiger partial charge in [0.25, 0.3) is 0 Å². The SMILES string of the molecule is Cc1ccccc1OCCCN(C)C(=O)Cc1ccc(C(=O)O)cc1. The molecular formula is C20H23NO4. The first-order valence-corrected chi connectivity index (χ1v) is 8.22. The molecule has 0 unspecified atom stereocenters. The molecule has 25 heavy (non-hydrogen) atoms. The fourth-order valence-corrected chi connectivity index (χ4v) is 2.40. The zero-order valence-corrected chi connectivity index (χ0v) is 14.6. The summed E-state index contributed by atoms with van der Waals surface area (Å²) in [6.45, 7) is 3.16. The molecule has 0 aliphatic rings. The first kappa shape index (κ1) is 18.5. The van der Waals surface area contributed by atoms with Crippen LogP contribution in [0.2, 0.25) is 0 Å². The largest absolute Gasteiger partial charge is 0.493 e. The maximum Gasteiger partial charge on any atom is 0.335 e. The van der Waals surface area contributed by atoms with Crippen molar-refractivity contribution in [2.45, 2.75) is 19.8 Å². The molecule has 5 nitrogen and oxygen atoms in total. The van der Waals surface area contributed by atoms with Crippen molar-refractivity contribution in [1.29, 1.82) is 0 Å². The summed E-state index contributed by atoms with van der Waals surface area (Å²) in [6.07, 6.45) is 1.00.